The van der Waals surface area contributed by atoms with Crippen LogP contribution in [0, 0.1) is 0 Å². The lowest BCUT2D eigenvalue weighted by atomic mass is 10.1. The molecule has 0 heterocycles. The lowest BCUT2D eigenvalue weighted by Gasteiger charge is -2.15. The standard InChI is InChI=1S/C15H14ClNO3/c1-9(10-3-2-4-12(16)5-10)17-15(20)11-6-13(18)8-14(19)7-11/h2-9,18-19H,1H3,(H,17,20). The van der Waals surface area contributed by atoms with E-state index < -0.39 is 0 Å². The Balaban J connectivity index is 2.15. The molecule has 0 aliphatic heterocycles. The lowest BCUT2D eigenvalue weighted by molar-refractivity contribution is 0.0939. The Hall–Kier alpha value is -2.20. The minimum Gasteiger partial charge on any atom is -0.508 e. The number of nitrogens with one attached hydrogen (secondary N) is 1. The Morgan fingerprint density at radius 1 is 1.15 bits per heavy atom. The fourth-order valence-electron chi connectivity index (χ4n) is 1.87. The second-order valence-corrected chi connectivity index (χ2v) is 4.92. The van der Waals surface area contributed by atoms with Crippen LogP contribution in [0.3, 0.4) is 0 Å². The highest BCUT2D eigenvalue weighted by atomic mass is 35.5. The molecule has 1 amide bonds. The van der Waals surface area contributed by atoms with Gasteiger partial charge in [-0.1, -0.05) is 23.7 Å². The van der Waals surface area contributed by atoms with E-state index in [9.17, 15) is 15.0 Å². The van der Waals surface area contributed by atoms with E-state index in [1.54, 1.807) is 18.2 Å². The van der Waals surface area contributed by atoms with Gasteiger partial charge in [0, 0.05) is 16.7 Å². The summed E-state index contributed by atoms with van der Waals surface area (Å²) in [5.74, 6) is -0.709. The molecule has 0 aliphatic rings. The summed E-state index contributed by atoms with van der Waals surface area (Å²) in [7, 11) is 0. The first-order valence-corrected chi connectivity index (χ1v) is 6.43. The average Bonchev–Trinajstić information content (AvgIpc) is 2.37. The Labute approximate surface area is 121 Å². The topological polar surface area (TPSA) is 69.6 Å². The zero-order valence-electron chi connectivity index (χ0n) is 10.8. The van der Waals surface area contributed by atoms with Gasteiger partial charge in [-0.3, -0.25) is 4.79 Å². The molecule has 1 atom stereocenters. The maximum atomic E-state index is 12.1. The predicted octanol–water partition coefficient (Wildman–Crippen LogP) is 3.24. The van der Waals surface area contributed by atoms with Gasteiger partial charge in [0.2, 0.25) is 0 Å². The van der Waals surface area contributed by atoms with E-state index in [-0.39, 0.29) is 29.0 Å². The first kappa shape index (κ1) is 14.2. The molecule has 4 nitrogen and oxygen atoms in total. The van der Waals surface area contributed by atoms with Crippen molar-refractivity contribution < 1.29 is 15.0 Å². The van der Waals surface area contributed by atoms with E-state index >= 15 is 0 Å². The number of carbonyl (C=O) groups is 1. The maximum absolute atomic E-state index is 12.1. The third kappa shape index (κ3) is 3.42. The summed E-state index contributed by atoms with van der Waals surface area (Å²) in [6, 6.07) is 10.7. The van der Waals surface area contributed by atoms with Crippen LogP contribution in [0.4, 0.5) is 0 Å². The highest BCUT2D eigenvalue weighted by Gasteiger charge is 2.13. The normalized spacial score (nSPS) is 11.9. The monoisotopic (exact) mass is 291 g/mol. The molecule has 0 radical (unpaired) electrons. The number of rotatable bonds is 3. The number of aromatic hydroxyl groups is 2. The first-order valence-electron chi connectivity index (χ1n) is 6.05. The molecule has 1 unspecified atom stereocenters. The van der Waals surface area contributed by atoms with Gasteiger partial charge in [-0.2, -0.15) is 0 Å². The zero-order chi connectivity index (χ0) is 14.7. The van der Waals surface area contributed by atoms with E-state index in [0.717, 1.165) is 11.6 Å². The average molecular weight is 292 g/mol. The summed E-state index contributed by atoms with van der Waals surface area (Å²) in [6.45, 7) is 1.83. The summed E-state index contributed by atoms with van der Waals surface area (Å²) in [6.07, 6.45) is 0. The minimum atomic E-state index is -0.385. The van der Waals surface area contributed by atoms with Crippen LogP contribution in [0.25, 0.3) is 0 Å². The molecule has 3 N–H and O–H groups in total. The number of phenols is 2. The van der Waals surface area contributed by atoms with Gasteiger partial charge in [0.1, 0.15) is 11.5 Å². The molecule has 0 aliphatic carbocycles. The van der Waals surface area contributed by atoms with E-state index in [0.29, 0.717) is 5.02 Å². The number of halogens is 1. The SMILES string of the molecule is CC(NC(=O)c1cc(O)cc(O)c1)c1cccc(Cl)c1. The summed E-state index contributed by atoms with van der Waals surface area (Å²) < 4.78 is 0. The van der Waals surface area contributed by atoms with Gasteiger partial charge in [-0.25, -0.2) is 0 Å². The summed E-state index contributed by atoms with van der Waals surface area (Å²) in [5, 5.41) is 22.1. The highest BCUT2D eigenvalue weighted by Crippen LogP contribution is 2.22. The van der Waals surface area contributed by atoms with Crippen molar-refractivity contribution in [3.8, 4) is 11.5 Å². The van der Waals surface area contributed by atoms with Gasteiger partial charge in [-0.05, 0) is 36.8 Å². The second kappa shape index (κ2) is 5.84. The van der Waals surface area contributed by atoms with E-state index in [1.807, 2.05) is 13.0 Å². The molecule has 2 aromatic rings. The largest absolute Gasteiger partial charge is 0.508 e. The van der Waals surface area contributed by atoms with Crippen LogP contribution in [-0.4, -0.2) is 16.1 Å². The summed E-state index contributed by atoms with van der Waals surface area (Å²) >= 11 is 5.91. The Morgan fingerprint density at radius 2 is 1.80 bits per heavy atom. The van der Waals surface area contributed by atoms with Gasteiger partial charge >= 0.3 is 0 Å². The van der Waals surface area contributed by atoms with Crippen molar-refractivity contribution in [3.05, 3.63) is 58.6 Å². The molecule has 0 aromatic heterocycles. The minimum absolute atomic E-state index is 0.162. The molecule has 20 heavy (non-hydrogen) atoms. The van der Waals surface area contributed by atoms with Crippen LogP contribution in [-0.2, 0) is 0 Å². The van der Waals surface area contributed by atoms with Crippen molar-refractivity contribution in [1.82, 2.24) is 5.32 Å². The molecular formula is C15H14ClNO3. The van der Waals surface area contributed by atoms with Crippen molar-refractivity contribution in [2.45, 2.75) is 13.0 Å². The van der Waals surface area contributed by atoms with E-state index in [2.05, 4.69) is 5.32 Å². The Bertz CT molecular complexity index is 623. The van der Waals surface area contributed by atoms with Crippen molar-refractivity contribution in [2.24, 2.45) is 0 Å². The van der Waals surface area contributed by atoms with Crippen LogP contribution in [0.5, 0.6) is 11.5 Å². The van der Waals surface area contributed by atoms with Crippen LogP contribution in [0.15, 0.2) is 42.5 Å². The van der Waals surface area contributed by atoms with Crippen molar-refractivity contribution in [2.75, 3.05) is 0 Å². The van der Waals surface area contributed by atoms with Gasteiger partial charge in [0.15, 0.2) is 0 Å². The third-order valence-corrected chi connectivity index (χ3v) is 3.10. The van der Waals surface area contributed by atoms with Gasteiger partial charge in [0.05, 0.1) is 6.04 Å². The maximum Gasteiger partial charge on any atom is 0.252 e. The second-order valence-electron chi connectivity index (χ2n) is 4.49. The molecule has 2 aromatic carbocycles. The Kier molecular flexibility index (Phi) is 4.15. The number of amides is 1. The molecule has 0 saturated carbocycles. The number of carbonyl (C=O) groups excluding carboxylic acids is 1. The quantitative estimate of drug-likeness (QED) is 0.813. The fourth-order valence-corrected chi connectivity index (χ4v) is 2.06. The number of hydrogen-bond donors (Lipinski definition) is 3. The Morgan fingerprint density at radius 3 is 2.40 bits per heavy atom. The number of hydrogen-bond acceptors (Lipinski definition) is 3. The first-order chi connectivity index (χ1) is 9.45. The molecule has 5 heteroatoms. The molecule has 0 spiro atoms. The fraction of sp³-hybridized carbons (Fsp3) is 0.133. The van der Waals surface area contributed by atoms with Gasteiger partial charge in [0.25, 0.3) is 5.91 Å². The highest BCUT2D eigenvalue weighted by molar-refractivity contribution is 6.30. The molecule has 104 valence electrons. The van der Waals surface area contributed by atoms with Gasteiger partial charge < -0.3 is 15.5 Å². The molecular weight excluding hydrogens is 278 g/mol. The molecule has 0 bridgehead atoms. The van der Waals surface area contributed by atoms with Crippen molar-refractivity contribution in [3.63, 3.8) is 0 Å². The third-order valence-electron chi connectivity index (χ3n) is 2.86. The molecule has 2 rings (SSSR count). The summed E-state index contributed by atoms with van der Waals surface area (Å²) in [4.78, 5) is 12.1. The molecule has 0 saturated heterocycles. The van der Waals surface area contributed by atoms with Crippen LogP contribution < -0.4 is 5.32 Å². The van der Waals surface area contributed by atoms with Gasteiger partial charge in [-0.15, -0.1) is 0 Å². The smallest absolute Gasteiger partial charge is 0.252 e. The van der Waals surface area contributed by atoms with E-state index in [4.69, 9.17) is 11.6 Å². The van der Waals surface area contributed by atoms with Crippen LogP contribution in [0.1, 0.15) is 28.9 Å². The zero-order valence-corrected chi connectivity index (χ0v) is 11.6. The number of benzene rings is 2. The lowest BCUT2D eigenvalue weighted by Crippen LogP contribution is -2.26. The summed E-state index contributed by atoms with van der Waals surface area (Å²) in [5.41, 5.74) is 1.06. The van der Waals surface area contributed by atoms with Crippen molar-refractivity contribution >= 4 is 17.5 Å². The molecule has 0 fully saturated rings. The number of phenolic OH excluding ortho intramolecular Hbond substituents is 2. The predicted molar refractivity (Wildman–Crippen MR) is 77.1 cm³/mol. The van der Waals surface area contributed by atoms with Crippen molar-refractivity contribution in [1.29, 1.82) is 0 Å². The van der Waals surface area contributed by atoms with Crippen LogP contribution in [0.2, 0.25) is 5.02 Å². The van der Waals surface area contributed by atoms with E-state index in [1.165, 1.54) is 12.1 Å². The van der Waals surface area contributed by atoms with Crippen LogP contribution >= 0.6 is 11.6 Å².